The van der Waals surface area contributed by atoms with Gasteiger partial charge in [-0.25, -0.2) is 0 Å². The van der Waals surface area contributed by atoms with Gasteiger partial charge in [-0.1, -0.05) is 12.1 Å². The Morgan fingerprint density at radius 1 is 1.40 bits per heavy atom. The van der Waals surface area contributed by atoms with Crippen LogP contribution in [0.1, 0.15) is 30.2 Å². The zero-order chi connectivity index (χ0) is 13.9. The number of aryl methyl sites for hydroxylation is 1. The van der Waals surface area contributed by atoms with E-state index in [-0.39, 0.29) is 6.04 Å². The molecule has 1 atom stereocenters. The molecule has 2 heterocycles. The van der Waals surface area contributed by atoms with Crippen LogP contribution in [0, 0.1) is 6.92 Å². The molecule has 5 heteroatoms. The fraction of sp³-hybridized carbons (Fsp3) is 0.467. The Hall–Kier alpha value is -1.88. The maximum absolute atomic E-state index is 5.78. The first-order chi connectivity index (χ1) is 9.74. The topological polar surface area (TPSA) is 52.0 Å². The Morgan fingerprint density at radius 3 is 3.15 bits per heavy atom. The smallest absolute Gasteiger partial charge is 0.149 e. The van der Waals surface area contributed by atoms with Gasteiger partial charge in [0.1, 0.15) is 17.4 Å². The zero-order valence-corrected chi connectivity index (χ0v) is 12.0. The Bertz CT molecular complexity index is 593. The lowest BCUT2D eigenvalue weighted by Gasteiger charge is -2.21. The second kappa shape index (κ2) is 5.63. The van der Waals surface area contributed by atoms with Gasteiger partial charge in [-0.05, 0) is 31.5 Å². The molecule has 0 spiro atoms. The molecule has 1 aliphatic rings. The summed E-state index contributed by atoms with van der Waals surface area (Å²) in [5, 5.41) is 11.9. The molecule has 0 saturated carbocycles. The lowest BCUT2D eigenvalue weighted by molar-refractivity contribution is 0.314. The summed E-state index contributed by atoms with van der Waals surface area (Å²) in [4.78, 5) is 0. The van der Waals surface area contributed by atoms with E-state index in [9.17, 15) is 0 Å². The summed E-state index contributed by atoms with van der Waals surface area (Å²) in [6.45, 7) is 6.72. The molecule has 0 aliphatic carbocycles. The number of fused-ring (bicyclic) bond motifs is 1. The van der Waals surface area contributed by atoms with Gasteiger partial charge in [0, 0.05) is 19.5 Å². The molecule has 0 bridgehead atoms. The fourth-order valence-electron chi connectivity index (χ4n) is 2.55. The molecule has 0 amide bonds. The molecule has 1 aromatic carbocycles. The Morgan fingerprint density at radius 2 is 2.30 bits per heavy atom. The van der Waals surface area contributed by atoms with Crippen molar-refractivity contribution in [3.05, 3.63) is 41.5 Å². The van der Waals surface area contributed by atoms with Crippen molar-refractivity contribution in [1.82, 2.24) is 20.1 Å². The number of hydrogen-bond donors (Lipinski definition) is 1. The van der Waals surface area contributed by atoms with E-state index in [4.69, 9.17) is 4.74 Å². The van der Waals surface area contributed by atoms with Crippen molar-refractivity contribution in [2.24, 2.45) is 0 Å². The molecule has 0 radical (unpaired) electrons. The van der Waals surface area contributed by atoms with Crippen LogP contribution in [0.15, 0.2) is 24.3 Å². The number of nitrogens with one attached hydrogen (secondary N) is 1. The van der Waals surface area contributed by atoms with E-state index in [1.165, 1.54) is 5.56 Å². The van der Waals surface area contributed by atoms with Crippen molar-refractivity contribution in [1.29, 1.82) is 0 Å². The second-order valence-corrected chi connectivity index (χ2v) is 5.22. The summed E-state index contributed by atoms with van der Waals surface area (Å²) >= 11 is 0. The van der Waals surface area contributed by atoms with Gasteiger partial charge in [0.25, 0.3) is 0 Å². The van der Waals surface area contributed by atoms with Gasteiger partial charge in [-0.2, -0.15) is 0 Å². The van der Waals surface area contributed by atoms with Crippen molar-refractivity contribution in [3.63, 3.8) is 0 Å². The van der Waals surface area contributed by atoms with Crippen molar-refractivity contribution in [2.75, 3.05) is 13.2 Å². The van der Waals surface area contributed by atoms with Crippen molar-refractivity contribution in [3.8, 4) is 5.75 Å². The van der Waals surface area contributed by atoms with Crippen LogP contribution in [-0.2, 0) is 13.0 Å². The fourth-order valence-corrected chi connectivity index (χ4v) is 2.55. The maximum atomic E-state index is 5.78. The largest absolute Gasteiger partial charge is 0.493 e. The first-order valence-corrected chi connectivity index (χ1v) is 7.09. The molecule has 2 aromatic rings. The first-order valence-electron chi connectivity index (χ1n) is 7.09. The van der Waals surface area contributed by atoms with Crippen LogP contribution in [-0.4, -0.2) is 27.9 Å². The SMILES string of the molecule is Cc1cccc(OCCc2nnc3n2CCNC3C)c1. The summed E-state index contributed by atoms with van der Waals surface area (Å²) in [5.74, 6) is 2.96. The number of rotatable bonds is 4. The van der Waals surface area contributed by atoms with Crippen LogP contribution < -0.4 is 10.1 Å². The lowest BCUT2D eigenvalue weighted by atomic mass is 10.2. The Labute approximate surface area is 119 Å². The van der Waals surface area contributed by atoms with Gasteiger partial charge in [0.05, 0.1) is 12.6 Å². The van der Waals surface area contributed by atoms with Gasteiger partial charge in [0.2, 0.25) is 0 Å². The third-order valence-corrected chi connectivity index (χ3v) is 3.61. The molecule has 0 saturated heterocycles. The zero-order valence-electron chi connectivity index (χ0n) is 12.0. The average molecular weight is 272 g/mol. The van der Waals surface area contributed by atoms with E-state index < -0.39 is 0 Å². The van der Waals surface area contributed by atoms with Gasteiger partial charge in [-0.15, -0.1) is 10.2 Å². The van der Waals surface area contributed by atoms with Gasteiger partial charge < -0.3 is 14.6 Å². The standard InChI is InChI=1S/C15H20N4O/c1-11-4-3-5-13(10-11)20-9-6-14-17-18-15-12(2)16-7-8-19(14)15/h3-5,10,12,16H,6-9H2,1-2H3. The molecule has 106 valence electrons. The number of aromatic nitrogens is 3. The highest BCUT2D eigenvalue weighted by atomic mass is 16.5. The third kappa shape index (κ3) is 2.67. The minimum atomic E-state index is 0.280. The Balaban J connectivity index is 1.62. The third-order valence-electron chi connectivity index (χ3n) is 3.61. The molecule has 1 unspecified atom stereocenters. The van der Waals surface area contributed by atoms with Gasteiger partial charge in [-0.3, -0.25) is 0 Å². The quantitative estimate of drug-likeness (QED) is 0.923. The van der Waals surface area contributed by atoms with Crippen molar-refractivity contribution >= 4 is 0 Å². The van der Waals surface area contributed by atoms with E-state index in [2.05, 4.69) is 40.0 Å². The summed E-state index contributed by atoms with van der Waals surface area (Å²) in [5.41, 5.74) is 1.21. The summed E-state index contributed by atoms with van der Waals surface area (Å²) in [6.07, 6.45) is 0.785. The van der Waals surface area contributed by atoms with Crippen LogP contribution >= 0.6 is 0 Å². The van der Waals surface area contributed by atoms with E-state index in [1.54, 1.807) is 0 Å². The van der Waals surface area contributed by atoms with Crippen LogP contribution in [0.25, 0.3) is 0 Å². The predicted molar refractivity (Wildman–Crippen MR) is 76.8 cm³/mol. The van der Waals surface area contributed by atoms with Crippen LogP contribution in [0.3, 0.4) is 0 Å². The molecule has 1 aliphatic heterocycles. The molecule has 1 aromatic heterocycles. The van der Waals surface area contributed by atoms with Gasteiger partial charge >= 0.3 is 0 Å². The summed E-state index contributed by atoms with van der Waals surface area (Å²) in [6, 6.07) is 8.39. The van der Waals surface area contributed by atoms with E-state index in [0.717, 1.165) is 36.9 Å². The summed E-state index contributed by atoms with van der Waals surface area (Å²) < 4.78 is 7.99. The molecule has 3 rings (SSSR count). The van der Waals surface area contributed by atoms with Gasteiger partial charge in [0.15, 0.2) is 0 Å². The number of benzene rings is 1. The van der Waals surface area contributed by atoms with Crippen molar-refractivity contribution < 1.29 is 4.74 Å². The highest BCUT2D eigenvalue weighted by Crippen LogP contribution is 2.16. The lowest BCUT2D eigenvalue weighted by Crippen LogP contribution is -2.32. The second-order valence-electron chi connectivity index (χ2n) is 5.22. The molecular weight excluding hydrogens is 252 g/mol. The predicted octanol–water partition coefficient (Wildman–Crippen LogP) is 1.87. The average Bonchev–Trinajstić information content (AvgIpc) is 2.84. The van der Waals surface area contributed by atoms with E-state index >= 15 is 0 Å². The Kier molecular flexibility index (Phi) is 3.69. The molecule has 0 fully saturated rings. The molecular formula is C15H20N4O. The van der Waals surface area contributed by atoms with Crippen LogP contribution in [0.4, 0.5) is 0 Å². The monoisotopic (exact) mass is 272 g/mol. The van der Waals surface area contributed by atoms with Crippen LogP contribution in [0.5, 0.6) is 5.75 Å². The molecule has 20 heavy (non-hydrogen) atoms. The minimum absolute atomic E-state index is 0.280. The highest BCUT2D eigenvalue weighted by Gasteiger charge is 2.20. The minimum Gasteiger partial charge on any atom is -0.493 e. The molecule has 5 nitrogen and oxygen atoms in total. The van der Waals surface area contributed by atoms with Crippen molar-refractivity contribution in [2.45, 2.75) is 32.9 Å². The number of hydrogen-bond acceptors (Lipinski definition) is 4. The van der Waals surface area contributed by atoms with Crippen LogP contribution in [0.2, 0.25) is 0 Å². The first kappa shape index (κ1) is 13.1. The number of nitrogens with zero attached hydrogens (tertiary/aromatic N) is 3. The number of ether oxygens (including phenoxy) is 1. The normalized spacial score (nSPS) is 17.8. The van der Waals surface area contributed by atoms with E-state index in [0.29, 0.717) is 6.61 Å². The highest BCUT2D eigenvalue weighted by molar-refractivity contribution is 5.27. The maximum Gasteiger partial charge on any atom is 0.149 e. The summed E-state index contributed by atoms with van der Waals surface area (Å²) in [7, 11) is 0. The van der Waals surface area contributed by atoms with E-state index in [1.807, 2.05) is 18.2 Å². The molecule has 1 N–H and O–H groups in total.